The van der Waals surface area contributed by atoms with Crippen LogP contribution in [0.4, 0.5) is 13.2 Å². The van der Waals surface area contributed by atoms with Crippen LogP contribution < -0.4 is 5.32 Å². The largest absolute Gasteiger partial charge is 0.408 e. The summed E-state index contributed by atoms with van der Waals surface area (Å²) in [5, 5.41) is 2.57. The number of ether oxygens (including phenoxy) is 1. The third-order valence-electron chi connectivity index (χ3n) is 3.75. The normalized spacial score (nSPS) is 24.0. The first-order valence-electron chi connectivity index (χ1n) is 7.40. The maximum Gasteiger partial charge on any atom is 0.408 e. The van der Waals surface area contributed by atoms with Gasteiger partial charge in [-0.25, -0.2) is 0 Å². The number of carbonyl (C=O) groups is 2. The minimum absolute atomic E-state index is 0.146. The molecule has 1 fully saturated rings. The van der Waals surface area contributed by atoms with E-state index in [1.807, 2.05) is 6.92 Å². The summed E-state index contributed by atoms with van der Waals surface area (Å²) >= 11 is 0. The Morgan fingerprint density at radius 3 is 2.50 bits per heavy atom. The number of halogens is 3. The number of nitrogens with zero attached hydrogens (tertiary/aromatic N) is 1. The van der Waals surface area contributed by atoms with Crippen molar-refractivity contribution in [2.24, 2.45) is 0 Å². The molecule has 1 aliphatic rings. The Bertz CT molecular complexity index is 401. The zero-order valence-electron chi connectivity index (χ0n) is 13.1. The molecule has 8 heteroatoms. The summed E-state index contributed by atoms with van der Waals surface area (Å²) < 4.78 is 44.5. The summed E-state index contributed by atoms with van der Waals surface area (Å²) in [6.45, 7) is 4.39. The van der Waals surface area contributed by atoms with Gasteiger partial charge in [-0.15, -0.1) is 0 Å². The number of nitrogens with one attached hydrogen (secondary N) is 1. The van der Waals surface area contributed by atoms with Crippen molar-refractivity contribution < 1.29 is 27.5 Å². The van der Waals surface area contributed by atoms with E-state index in [1.54, 1.807) is 6.92 Å². The lowest BCUT2D eigenvalue weighted by atomic mass is 9.97. The van der Waals surface area contributed by atoms with Crippen LogP contribution in [0.15, 0.2) is 0 Å². The number of piperidine rings is 1. The summed E-state index contributed by atoms with van der Waals surface area (Å²) in [7, 11) is 0. The van der Waals surface area contributed by atoms with Gasteiger partial charge in [-0.2, -0.15) is 13.2 Å². The van der Waals surface area contributed by atoms with Crippen LogP contribution in [0.25, 0.3) is 0 Å². The third kappa shape index (κ3) is 5.47. The number of amides is 2. The predicted octanol–water partition coefficient (Wildman–Crippen LogP) is 1.86. The van der Waals surface area contributed by atoms with Gasteiger partial charge in [-0.05, 0) is 26.2 Å². The molecule has 0 saturated carbocycles. The minimum atomic E-state index is -4.48. The Labute approximate surface area is 128 Å². The predicted molar refractivity (Wildman–Crippen MR) is 74.1 cm³/mol. The van der Waals surface area contributed by atoms with E-state index in [9.17, 15) is 22.8 Å². The van der Waals surface area contributed by atoms with Crippen LogP contribution in [-0.2, 0) is 14.3 Å². The van der Waals surface area contributed by atoms with Gasteiger partial charge in [-0.3, -0.25) is 9.59 Å². The molecule has 3 unspecified atom stereocenters. The van der Waals surface area contributed by atoms with Crippen molar-refractivity contribution in [3.63, 3.8) is 0 Å². The van der Waals surface area contributed by atoms with Crippen LogP contribution >= 0.6 is 0 Å². The minimum Gasteiger partial charge on any atom is -0.369 e. The molecule has 22 heavy (non-hydrogen) atoms. The number of rotatable bonds is 5. The lowest BCUT2D eigenvalue weighted by Crippen LogP contribution is -2.58. The Morgan fingerprint density at radius 2 is 2.00 bits per heavy atom. The van der Waals surface area contributed by atoms with Crippen molar-refractivity contribution in [2.75, 3.05) is 13.2 Å². The molecule has 0 aliphatic carbocycles. The van der Waals surface area contributed by atoms with Crippen molar-refractivity contribution in [1.82, 2.24) is 10.2 Å². The molecule has 0 aromatic carbocycles. The Hall–Kier alpha value is -1.31. The molecule has 1 rings (SSSR count). The molecule has 1 aliphatic heterocycles. The Kier molecular flexibility index (Phi) is 6.65. The van der Waals surface area contributed by atoms with Gasteiger partial charge in [0.15, 0.2) is 0 Å². The number of hydrogen-bond donors (Lipinski definition) is 1. The molecular weight excluding hydrogens is 301 g/mol. The third-order valence-corrected chi connectivity index (χ3v) is 3.75. The lowest BCUT2D eigenvalue weighted by Gasteiger charge is -2.40. The SMILES string of the molecule is CCC(C)OCC(=O)N1CC(NC(C)=O)CCC1C(F)(F)F. The molecule has 0 aromatic heterocycles. The molecule has 0 radical (unpaired) electrons. The van der Waals surface area contributed by atoms with Crippen molar-refractivity contribution in [2.45, 2.75) is 64.4 Å². The lowest BCUT2D eigenvalue weighted by molar-refractivity contribution is -0.199. The second-order valence-corrected chi connectivity index (χ2v) is 5.61. The van der Waals surface area contributed by atoms with Crippen LogP contribution in [0.3, 0.4) is 0 Å². The fourth-order valence-electron chi connectivity index (χ4n) is 2.41. The molecule has 0 spiro atoms. The average Bonchev–Trinajstić information content (AvgIpc) is 2.42. The van der Waals surface area contributed by atoms with Crippen LogP contribution in [0.1, 0.15) is 40.0 Å². The number of alkyl halides is 3. The van der Waals surface area contributed by atoms with Gasteiger partial charge in [0.1, 0.15) is 12.6 Å². The van der Waals surface area contributed by atoms with Crippen molar-refractivity contribution in [1.29, 1.82) is 0 Å². The zero-order valence-corrected chi connectivity index (χ0v) is 13.1. The van der Waals surface area contributed by atoms with Gasteiger partial charge in [0.25, 0.3) is 0 Å². The molecule has 5 nitrogen and oxygen atoms in total. The van der Waals surface area contributed by atoms with Crippen LogP contribution in [0, 0.1) is 0 Å². The summed E-state index contributed by atoms with van der Waals surface area (Å²) in [6, 6.07) is -2.27. The summed E-state index contributed by atoms with van der Waals surface area (Å²) in [5.74, 6) is -1.02. The first-order chi connectivity index (χ1) is 10.1. The van der Waals surface area contributed by atoms with Crippen LogP contribution in [-0.4, -0.2) is 54.2 Å². The van der Waals surface area contributed by atoms with Crippen LogP contribution in [0.2, 0.25) is 0 Å². The maximum atomic E-state index is 13.1. The summed E-state index contributed by atoms with van der Waals surface area (Å²) in [5.41, 5.74) is 0. The Balaban J connectivity index is 2.76. The monoisotopic (exact) mass is 324 g/mol. The maximum absolute atomic E-state index is 13.1. The first-order valence-corrected chi connectivity index (χ1v) is 7.40. The second-order valence-electron chi connectivity index (χ2n) is 5.61. The standard InChI is InChI=1S/C14H23F3N2O3/c1-4-9(2)22-8-13(21)19-7-11(18-10(3)20)5-6-12(19)14(15,16)17/h9,11-12H,4-8H2,1-3H3,(H,18,20). The fraction of sp³-hybridized carbons (Fsp3) is 0.857. The van der Waals surface area contributed by atoms with Crippen molar-refractivity contribution in [3.05, 3.63) is 0 Å². The van der Waals surface area contributed by atoms with Gasteiger partial charge in [0.2, 0.25) is 11.8 Å². The van der Waals surface area contributed by atoms with E-state index in [4.69, 9.17) is 4.74 Å². The highest BCUT2D eigenvalue weighted by molar-refractivity contribution is 5.78. The van der Waals surface area contributed by atoms with Gasteiger partial charge in [-0.1, -0.05) is 6.92 Å². The smallest absolute Gasteiger partial charge is 0.369 e. The molecule has 3 atom stereocenters. The first kappa shape index (κ1) is 18.7. The fourth-order valence-corrected chi connectivity index (χ4v) is 2.41. The quantitative estimate of drug-likeness (QED) is 0.840. The van der Waals surface area contributed by atoms with Crippen molar-refractivity contribution >= 4 is 11.8 Å². The topological polar surface area (TPSA) is 58.6 Å². The van der Waals surface area contributed by atoms with E-state index in [1.165, 1.54) is 6.92 Å². The molecule has 1 heterocycles. The molecule has 0 aromatic rings. The van der Waals surface area contributed by atoms with E-state index in [0.29, 0.717) is 6.42 Å². The second kappa shape index (κ2) is 7.80. The number of likely N-dealkylation sites (tertiary alicyclic amines) is 1. The van der Waals surface area contributed by atoms with E-state index in [0.717, 1.165) is 4.90 Å². The molecule has 1 N–H and O–H groups in total. The molecule has 0 bridgehead atoms. The van der Waals surface area contributed by atoms with Crippen molar-refractivity contribution in [3.8, 4) is 0 Å². The van der Waals surface area contributed by atoms with E-state index in [-0.39, 0.29) is 38.0 Å². The molecule has 2 amide bonds. The van der Waals surface area contributed by atoms with Gasteiger partial charge >= 0.3 is 6.18 Å². The highest BCUT2D eigenvalue weighted by Gasteiger charge is 2.48. The van der Waals surface area contributed by atoms with Crippen LogP contribution in [0.5, 0.6) is 0 Å². The highest BCUT2D eigenvalue weighted by atomic mass is 19.4. The van der Waals surface area contributed by atoms with Gasteiger partial charge in [0.05, 0.1) is 6.10 Å². The zero-order chi connectivity index (χ0) is 16.9. The Morgan fingerprint density at radius 1 is 1.36 bits per heavy atom. The highest BCUT2D eigenvalue weighted by Crippen LogP contribution is 2.32. The number of hydrogen-bond acceptors (Lipinski definition) is 3. The molecule has 1 saturated heterocycles. The van der Waals surface area contributed by atoms with Gasteiger partial charge in [0, 0.05) is 19.5 Å². The van der Waals surface area contributed by atoms with E-state index in [2.05, 4.69) is 5.32 Å². The number of carbonyl (C=O) groups excluding carboxylic acids is 2. The summed E-state index contributed by atoms with van der Waals surface area (Å²) in [4.78, 5) is 23.9. The van der Waals surface area contributed by atoms with E-state index < -0.39 is 24.2 Å². The van der Waals surface area contributed by atoms with E-state index >= 15 is 0 Å². The molecule has 128 valence electrons. The average molecular weight is 324 g/mol. The van der Waals surface area contributed by atoms with Gasteiger partial charge < -0.3 is 15.0 Å². The molecular formula is C14H23F3N2O3. The summed E-state index contributed by atoms with van der Waals surface area (Å²) in [6.07, 6.45) is -4.02.